The van der Waals surface area contributed by atoms with Gasteiger partial charge < -0.3 is 15.6 Å². The van der Waals surface area contributed by atoms with Crippen molar-refractivity contribution >= 4 is 51.5 Å². The number of hydrogen-bond donors (Lipinski definition) is 3. The lowest BCUT2D eigenvalue weighted by molar-refractivity contribution is -0.123. The molecule has 0 spiro atoms. The maximum atomic E-state index is 12.8. The van der Waals surface area contributed by atoms with Gasteiger partial charge in [0.05, 0.1) is 16.1 Å². The third kappa shape index (κ3) is 5.59. The van der Waals surface area contributed by atoms with E-state index in [0.29, 0.717) is 16.4 Å². The number of benzene rings is 1. The molecule has 0 aliphatic heterocycles. The van der Waals surface area contributed by atoms with Gasteiger partial charge >= 0.3 is 0 Å². The van der Waals surface area contributed by atoms with Gasteiger partial charge in [0.15, 0.2) is 16.1 Å². The van der Waals surface area contributed by atoms with Gasteiger partial charge in [0, 0.05) is 23.9 Å². The van der Waals surface area contributed by atoms with Crippen molar-refractivity contribution in [3.63, 3.8) is 0 Å². The summed E-state index contributed by atoms with van der Waals surface area (Å²) < 4.78 is 0.856. The van der Waals surface area contributed by atoms with E-state index in [9.17, 15) is 14.4 Å². The third-order valence-electron chi connectivity index (χ3n) is 4.91. The fraction of sp³-hybridized carbons (Fsp3) is 0.286. The smallest absolute Gasteiger partial charge is 0.235 e. The lowest BCUT2D eigenvalue weighted by Crippen LogP contribution is -2.23. The number of anilines is 2. The van der Waals surface area contributed by atoms with Gasteiger partial charge in [0.1, 0.15) is 6.42 Å². The maximum Gasteiger partial charge on any atom is 0.235 e. The fourth-order valence-corrected chi connectivity index (χ4v) is 5.23. The second kappa shape index (κ2) is 9.88. The Balaban J connectivity index is 1.32. The number of Topliss-reactive ketones (excluding diaryl/α,β-unsaturated/α-hetero) is 1. The molecule has 1 aliphatic carbocycles. The van der Waals surface area contributed by atoms with E-state index in [4.69, 9.17) is 0 Å². The Morgan fingerprint density at radius 2 is 1.87 bits per heavy atom. The largest absolute Gasteiger partial charge is 0.339 e. The number of ketones is 1. The molecule has 8 nitrogen and oxygen atoms in total. The summed E-state index contributed by atoms with van der Waals surface area (Å²) >= 11 is 2.69. The number of thiazole rings is 1. The molecule has 1 aliphatic rings. The standard InChI is InChI=1S/C21H21N5O3S2/c27-16(25-15-8-4-3-7-14(15)19(29)13-5-1-2-6-13)11-17(28)26-21-24-12-18(31-21)30-20-22-9-10-23-20/h3-4,7-10,12-13H,1-2,5-6,11H2,(H,22,23)(H,25,27)(H,24,26,28). The fourth-order valence-electron chi connectivity index (χ4n) is 3.48. The third-order valence-corrected chi connectivity index (χ3v) is 6.85. The number of aromatic amines is 1. The molecular weight excluding hydrogens is 434 g/mol. The molecule has 0 saturated heterocycles. The molecule has 3 N–H and O–H groups in total. The van der Waals surface area contributed by atoms with E-state index in [-0.39, 0.29) is 18.1 Å². The van der Waals surface area contributed by atoms with Crippen LogP contribution in [0.5, 0.6) is 0 Å². The molecular formula is C21H21N5O3S2. The molecule has 2 heterocycles. The van der Waals surface area contributed by atoms with Crippen LogP contribution in [-0.2, 0) is 9.59 Å². The van der Waals surface area contributed by atoms with Gasteiger partial charge in [0.25, 0.3) is 0 Å². The van der Waals surface area contributed by atoms with E-state index in [2.05, 4.69) is 25.6 Å². The summed E-state index contributed by atoms with van der Waals surface area (Å²) in [5.74, 6) is -0.881. The number of carbonyl (C=O) groups excluding carboxylic acids is 3. The number of H-pyrrole nitrogens is 1. The van der Waals surface area contributed by atoms with Crippen LogP contribution in [0.2, 0.25) is 0 Å². The monoisotopic (exact) mass is 455 g/mol. The van der Waals surface area contributed by atoms with Crippen molar-refractivity contribution in [3.05, 3.63) is 48.4 Å². The van der Waals surface area contributed by atoms with Gasteiger partial charge in [-0.1, -0.05) is 36.3 Å². The second-order valence-electron chi connectivity index (χ2n) is 7.15. The minimum atomic E-state index is -0.481. The minimum absolute atomic E-state index is 0.0134. The summed E-state index contributed by atoms with van der Waals surface area (Å²) in [7, 11) is 0. The average Bonchev–Trinajstić information content (AvgIpc) is 3.51. The highest BCUT2D eigenvalue weighted by Gasteiger charge is 2.26. The van der Waals surface area contributed by atoms with Crippen molar-refractivity contribution in [3.8, 4) is 0 Å². The minimum Gasteiger partial charge on any atom is -0.339 e. The molecule has 1 fully saturated rings. The first-order valence-corrected chi connectivity index (χ1v) is 11.6. The van der Waals surface area contributed by atoms with Crippen LogP contribution < -0.4 is 10.6 Å². The van der Waals surface area contributed by atoms with E-state index in [0.717, 1.165) is 35.0 Å². The summed E-state index contributed by atoms with van der Waals surface area (Å²) in [6, 6.07) is 6.96. The molecule has 31 heavy (non-hydrogen) atoms. The predicted molar refractivity (Wildman–Crippen MR) is 119 cm³/mol. The first kappa shape index (κ1) is 21.3. The van der Waals surface area contributed by atoms with E-state index < -0.39 is 11.8 Å². The number of nitrogens with zero attached hydrogens (tertiary/aromatic N) is 2. The van der Waals surface area contributed by atoms with Crippen LogP contribution >= 0.6 is 23.1 Å². The van der Waals surface area contributed by atoms with Crippen molar-refractivity contribution in [2.45, 2.75) is 41.5 Å². The molecule has 1 saturated carbocycles. The highest BCUT2D eigenvalue weighted by atomic mass is 32.2. The zero-order valence-corrected chi connectivity index (χ0v) is 18.2. The van der Waals surface area contributed by atoms with E-state index >= 15 is 0 Å². The first-order chi connectivity index (χ1) is 15.1. The number of hydrogen-bond acceptors (Lipinski definition) is 7. The van der Waals surface area contributed by atoms with E-state index in [1.54, 1.807) is 42.9 Å². The van der Waals surface area contributed by atoms with Crippen molar-refractivity contribution < 1.29 is 14.4 Å². The quantitative estimate of drug-likeness (QED) is 0.343. The Kier molecular flexibility index (Phi) is 6.78. The number of nitrogens with one attached hydrogen (secondary N) is 3. The Bertz CT molecular complexity index is 1070. The Labute approximate surface area is 187 Å². The van der Waals surface area contributed by atoms with Gasteiger partial charge in [-0.2, -0.15) is 0 Å². The summed E-state index contributed by atoms with van der Waals surface area (Å²) in [6.45, 7) is 0. The lowest BCUT2D eigenvalue weighted by atomic mass is 9.95. The highest BCUT2D eigenvalue weighted by molar-refractivity contribution is 8.01. The summed E-state index contributed by atoms with van der Waals surface area (Å²) in [6.07, 6.45) is 8.54. The van der Waals surface area contributed by atoms with E-state index in [1.807, 2.05) is 0 Å². The Morgan fingerprint density at radius 1 is 1.10 bits per heavy atom. The van der Waals surface area contributed by atoms with Gasteiger partial charge in [-0.05, 0) is 36.7 Å². The number of para-hydroxylation sites is 1. The van der Waals surface area contributed by atoms with Crippen LogP contribution in [0.15, 0.2) is 52.2 Å². The summed E-state index contributed by atoms with van der Waals surface area (Å²) in [4.78, 5) is 48.7. The van der Waals surface area contributed by atoms with Crippen LogP contribution in [0.1, 0.15) is 42.5 Å². The molecule has 0 atom stereocenters. The highest BCUT2D eigenvalue weighted by Crippen LogP contribution is 2.32. The Morgan fingerprint density at radius 3 is 2.65 bits per heavy atom. The molecule has 1 aromatic carbocycles. The van der Waals surface area contributed by atoms with Crippen LogP contribution in [0.3, 0.4) is 0 Å². The lowest BCUT2D eigenvalue weighted by Gasteiger charge is -2.13. The molecule has 3 aromatic rings. The summed E-state index contributed by atoms with van der Waals surface area (Å²) in [5.41, 5.74) is 0.950. The molecule has 0 bridgehead atoms. The molecule has 4 rings (SSSR count). The molecule has 0 radical (unpaired) electrons. The van der Waals surface area contributed by atoms with Crippen molar-refractivity contribution in [2.75, 3.05) is 10.6 Å². The van der Waals surface area contributed by atoms with Crippen LogP contribution in [0, 0.1) is 5.92 Å². The normalized spacial score (nSPS) is 13.8. The number of imidazole rings is 1. The zero-order valence-electron chi connectivity index (χ0n) is 16.6. The van der Waals surface area contributed by atoms with Crippen LogP contribution in [-0.4, -0.2) is 32.5 Å². The number of carbonyl (C=O) groups is 3. The maximum absolute atomic E-state index is 12.8. The van der Waals surface area contributed by atoms with E-state index in [1.165, 1.54) is 23.1 Å². The van der Waals surface area contributed by atoms with Crippen molar-refractivity contribution in [2.24, 2.45) is 5.92 Å². The molecule has 2 amide bonds. The molecule has 10 heteroatoms. The topological polar surface area (TPSA) is 117 Å². The Hall–Kier alpha value is -2.98. The number of amides is 2. The average molecular weight is 456 g/mol. The van der Waals surface area contributed by atoms with Crippen LogP contribution in [0.25, 0.3) is 0 Å². The summed E-state index contributed by atoms with van der Waals surface area (Å²) in [5, 5.41) is 6.48. The zero-order chi connectivity index (χ0) is 21.6. The van der Waals surface area contributed by atoms with Gasteiger partial charge in [-0.15, -0.1) is 0 Å². The SMILES string of the molecule is O=C(CC(=O)Nc1ccccc1C(=O)C1CCCC1)Nc1ncc(Sc2ncc[nH]2)s1. The van der Waals surface area contributed by atoms with Crippen molar-refractivity contribution in [1.82, 2.24) is 15.0 Å². The molecule has 0 unspecified atom stereocenters. The second-order valence-corrected chi connectivity index (χ2v) is 9.46. The van der Waals surface area contributed by atoms with Gasteiger partial charge in [-0.25, -0.2) is 9.97 Å². The molecule has 2 aromatic heterocycles. The number of rotatable bonds is 8. The van der Waals surface area contributed by atoms with Gasteiger partial charge in [0.2, 0.25) is 11.8 Å². The first-order valence-electron chi connectivity index (χ1n) is 9.94. The van der Waals surface area contributed by atoms with Gasteiger partial charge in [-0.3, -0.25) is 14.4 Å². The van der Waals surface area contributed by atoms with Crippen LogP contribution in [0.4, 0.5) is 10.8 Å². The predicted octanol–water partition coefficient (Wildman–Crippen LogP) is 4.36. The van der Waals surface area contributed by atoms with Crippen molar-refractivity contribution in [1.29, 1.82) is 0 Å². The number of aromatic nitrogens is 3. The molecule has 160 valence electrons.